The van der Waals surface area contributed by atoms with E-state index in [1.54, 1.807) is 0 Å². The Bertz CT molecular complexity index is 2660. The van der Waals surface area contributed by atoms with Crippen LogP contribution >= 0.6 is 15.6 Å². The van der Waals surface area contributed by atoms with Crippen molar-refractivity contribution in [1.29, 1.82) is 0 Å². The Morgan fingerprint density at radius 2 is 0.481 bits per heavy atom. The van der Waals surface area contributed by atoms with Crippen LogP contribution in [0.2, 0.25) is 0 Å². The van der Waals surface area contributed by atoms with Crippen molar-refractivity contribution in [1.82, 2.24) is 0 Å². The third-order valence-corrected chi connectivity index (χ3v) is 18.9. The van der Waals surface area contributed by atoms with E-state index < -0.39 is 97.5 Å². The van der Waals surface area contributed by atoms with E-state index in [0.717, 1.165) is 244 Å². The molecule has 0 saturated heterocycles. The van der Waals surface area contributed by atoms with Gasteiger partial charge in [-0.25, -0.2) is 9.13 Å². The summed E-state index contributed by atoms with van der Waals surface area (Å²) in [6.07, 6.45) is 93.5. The number of allylic oxidation sites excluding steroid dienone is 26. The van der Waals surface area contributed by atoms with Crippen molar-refractivity contribution in [3.05, 3.63) is 158 Å². The predicted molar refractivity (Wildman–Crippen MR) is 445 cm³/mol. The van der Waals surface area contributed by atoms with Gasteiger partial charge in [0.15, 0.2) is 12.2 Å². The maximum absolute atomic E-state index is 13.1. The molecule has 108 heavy (non-hydrogen) atoms. The Morgan fingerprint density at radius 3 is 0.741 bits per heavy atom. The summed E-state index contributed by atoms with van der Waals surface area (Å²) in [7, 11) is -9.99. The third kappa shape index (κ3) is 78.8. The summed E-state index contributed by atoms with van der Waals surface area (Å²) in [6.45, 7) is 4.43. The molecule has 0 aliphatic carbocycles. The van der Waals surface area contributed by atoms with Crippen molar-refractivity contribution in [2.24, 2.45) is 0 Å². The molecule has 0 rings (SSSR count). The average molecular weight is 1550 g/mol. The lowest BCUT2D eigenvalue weighted by molar-refractivity contribution is -0.161. The Balaban J connectivity index is 5.41. The second-order valence-electron chi connectivity index (χ2n) is 27.3. The Labute approximate surface area is 655 Å². The molecule has 0 aliphatic rings. The largest absolute Gasteiger partial charge is 0.472 e. The van der Waals surface area contributed by atoms with E-state index >= 15 is 0 Å². The molecule has 3 N–H and O–H groups in total. The molecule has 0 aromatic carbocycles. The number of rotatable bonds is 77. The molecule has 0 aromatic rings. The summed E-state index contributed by atoms with van der Waals surface area (Å²) in [5.74, 6) is -2.23. The molecule has 0 radical (unpaired) electrons. The summed E-state index contributed by atoms with van der Waals surface area (Å²) in [4.78, 5) is 73.2. The van der Waals surface area contributed by atoms with E-state index in [-0.39, 0.29) is 25.7 Å². The standard InChI is InChI=1S/C89H148O17P2/c1-5-9-13-17-21-25-29-33-36-39-41-44-47-51-54-58-62-66-70-74-87(92)100-80-85(106-89(94)76-72-68-64-60-56-52-48-45-42-40-37-34-30-26-22-18-14-10-6-2)82-104-108(97,98)102-78-83(90)77-101-107(95,96)103-81-84(105-88(93)75-71-67-63-59-55-49-32-28-24-20-16-12-8-4)79-99-86(91)73-69-65-61-57-53-50-46-43-38-35-31-27-23-19-15-11-7-3/h9-11,13-16,20-23,25-28,32-38,41-42,44-45,83-85,90H,5-8,12,17-19,24,29-31,39-40,43,46-82H2,1-4H3,(H,95,96)(H,97,98)/b13-9-,14-10-,15-11-,20-16-,25-21-,26-22-,27-23-,32-28-,36-33-,37-34-,38-35-,44-41-,45-42-. The number of phosphoric acid groups is 2. The van der Waals surface area contributed by atoms with Crippen LogP contribution in [0.3, 0.4) is 0 Å². The number of hydrogen-bond donors (Lipinski definition) is 3. The van der Waals surface area contributed by atoms with Gasteiger partial charge < -0.3 is 33.8 Å². The van der Waals surface area contributed by atoms with Gasteiger partial charge >= 0.3 is 39.5 Å². The molecule has 0 spiro atoms. The highest BCUT2D eigenvalue weighted by Gasteiger charge is 2.30. The number of carbonyl (C=O) groups excluding carboxylic acids is 4. The molecule has 0 heterocycles. The summed E-state index contributed by atoms with van der Waals surface area (Å²) >= 11 is 0. The number of esters is 4. The van der Waals surface area contributed by atoms with Gasteiger partial charge in [0.2, 0.25) is 0 Å². The molecular formula is C89H148O17P2. The predicted octanol–water partition coefficient (Wildman–Crippen LogP) is 24.8. The van der Waals surface area contributed by atoms with Crippen molar-refractivity contribution < 1.29 is 80.2 Å². The quantitative estimate of drug-likeness (QED) is 0.0169. The van der Waals surface area contributed by atoms with E-state index in [0.29, 0.717) is 25.7 Å². The zero-order chi connectivity index (χ0) is 78.9. The minimum Gasteiger partial charge on any atom is -0.462 e. The maximum atomic E-state index is 13.1. The van der Waals surface area contributed by atoms with Crippen molar-refractivity contribution in [2.45, 2.75) is 341 Å². The van der Waals surface area contributed by atoms with Crippen molar-refractivity contribution >= 4 is 39.5 Å². The Kier molecular flexibility index (Phi) is 75.8. The average Bonchev–Trinajstić information content (AvgIpc) is 0.892. The van der Waals surface area contributed by atoms with Gasteiger partial charge in [-0.1, -0.05) is 295 Å². The normalized spacial score (nSPS) is 14.6. The lowest BCUT2D eigenvalue weighted by Crippen LogP contribution is -2.30. The van der Waals surface area contributed by atoms with Crippen LogP contribution in [-0.4, -0.2) is 96.7 Å². The zero-order valence-electron chi connectivity index (χ0n) is 67.5. The van der Waals surface area contributed by atoms with Gasteiger partial charge in [-0.2, -0.15) is 0 Å². The number of aliphatic hydroxyl groups is 1. The first-order valence-electron chi connectivity index (χ1n) is 41.7. The van der Waals surface area contributed by atoms with Gasteiger partial charge in [0.25, 0.3) is 0 Å². The van der Waals surface area contributed by atoms with Gasteiger partial charge in [-0.15, -0.1) is 0 Å². The summed E-state index contributed by atoms with van der Waals surface area (Å²) in [5, 5.41) is 10.7. The molecule has 5 unspecified atom stereocenters. The fourth-order valence-electron chi connectivity index (χ4n) is 10.7. The zero-order valence-corrected chi connectivity index (χ0v) is 69.3. The third-order valence-electron chi connectivity index (χ3n) is 16.9. The minimum atomic E-state index is -5.00. The summed E-state index contributed by atoms with van der Waals surface area (Å²) in [5.41, 5.74) is 0. The van der Waals surface area contributed by atoms with Crippen molar-refractivity contribution in [3.8, 4) is 0 Å². The molecule has 0 amide bonds. The van der Waals surface area contributed by atoms with Crippen LogP contribution < -0.4 is 0 Å². The van der Waals surface area contributed by atoms with Gasteiger partial charge in [0.05, 0.1) is 26.4 Å². The lowest BCUT2D eigenvalue weighted by atomic mass is 10.1. The fraction of sp³-hybridized carbons (Fsp3) is 0.663. The number of unbranched alkanes of at least 4 members (excludes halogenated alkanes) is 25. The number of aliphatic hydroxyl groups excluding tert-OH is 1. The highest BCUT2D eigenvalue weighted by molar-refractivity contribution is 7.47. The van der Waals surface area contributed by atoms with Crippen LogP contribution in [0.25, 0.3) is 0 Å². The smallest absolute Gasteiger partial charge is 0.462 e. The molecule has 0 bridgehead atoms. The van der Waals surface area contributed by atoms with Crippen LogP contribution in [0.1, 0.15) is 323 Å². The molecular weight excluding hydrogens is 1400 g/mol. The van der Waals surface area contributed by atoms with Gasteiger partial charge in [0, 0.05) is 25.7 Å². The molecule has 17 nitrogen and oxygen atoms in total. The monoisotopic (exact) mass is 1550 g/mol. The lowest BCUT2D eigenvalue weighted by Gasteiger charge is -2.21. The van der Waals surface area contributed by atoms with Crippen molar-refractivity contribution in [2.75, 3.05) is 39.6 Å². The van der Waals surface area contributed by atoms with Gasteiger partial charge in [-0.05, 0) is 161 Å². The summed E-state index contributed by atoms with van der Waals surface area (Å²) in [6, 6.07) is 0. The van der Waals surface area contributed by atoms with Gasteiger partial charge in [0.1, 0.15) is 19.3 Å². The number of ether oxygens (including phenoxy) is 4. The number of hydrogen-bond acceptors (Lipinski definition) is 15. The number of phosphoric ester groups is 2. The van der Waals surface area contributed by atoms with E-state index in [2.05, 4.69) is 186 Å². The summed E-state index contributed by atoms with van der Waals surface area (Å²) < 4.78 is 68.7. The van der Waals surface area contributed by atoms with E-state index in [9.17, 15) is 43.2 Å². The maximum Gasteiger partial charge on any atom is 0.472 e. The molecule has 616 valence electrons. The fourth-order valence-corrected chi connectivity index (χ4v) is 12.3. The Morgan fingerprint density at radius 1 is 0.269 bits per heavy atom. The first-order valence-corrected chi connectivity index (χ1v) is 44.7. The van der Waals surface area contributed by atoms with Crippen LogP contribution in [0, 0.1) is 0 Å². The SMILES string of the molecule is CC/C=C\C/C=C\C/C=C\C/C=C\CCCCCCCCC(=O)OCC(COP(=O)(O)OCC(O)COP(=O)(O)OCC(COC(=O)CCCCCCCCC/C=C\C/C=C\C/C=C\CC)OC(=O)CCCCCCC/C=C\C/C=C\CCC)OC(=O)CCCCCCCC/C=C\C/C=C\C/C=C\C/C=C\CC. The number of carbonyl (C=O) groups is 4. The first-order chi connectivity index (χ1) is 52.7. The van der Waals surface area contributed by atoms with E-state index in [1.165, 1.54) is 0 Å². The molecule has 0 aromatic heterocycles. The topological polar surface area (TPSA) is 237 Å². The van der Waals surface area contributed by atoms with Crippen molar-refractivity contribution in [3.63, 3.8) is 0 Å². The van der Waals surface area contributed by atoms with Crippen LogP contribution in [0.5, 0.6) is 0 Å². The minimum absolute atomic E-state index is 0.0701. The first kappa shape index (κ1) is 103. The second-order valence-corrected chi connectivity index (χ2v) is 30.2. The van der Waals surface area contributed by atoms with Crippen LogP contribution in [-0.2, 0) is 65.4 Å². The molecule has 5 atom stereocenters. The van der Waals surface area contributed by atoms with Crippen LogP contribution in [0.15, 0.2) is 158 Å². The Hall–Kier alpha value is -5.32. The van der Waals surface area contributed by atoms with Crippen LogP contribution in [0.4, 0.5) is 0 Å². The van der Waals surface area contributed by atoms with Gasteiger partial charge in [-0.3, -0.25) is 37.3 Å². The molecule has 0 saturated carbocycles. The van der Waals surface area contributed by atoms with E-state index in [1.807, 2.05) is 0 Å². The second kappa shape index (κ2) is 79.8. The highest BCUT2D eigenvalue weighted by Crippen LogP contribution is 2.45. The molecule has 19 heteroatoms. The molecule has 0 aliphatic heterocycles. The molecule has 0 fully saturated rings. The highest BCUT2D eigenvalue weighted by atomic mass is 31.2. The van der Waals surface area contributed by atoms with E-state index in [4.69, 9.17) is 37.0 Å².